The number of hydrogen-bond donors (Lipinski definition) is 9. The molecule has 10 amide bonds. The first-order chi connectivity index (χ1) is 38.8. The number of aliphatic hydroxyl groups excluding tert-OH is 1. The predicted molar refractivity (Wildman–Crippen MR) is 340 cm³/mol. The summed E-state index contributed by atoms with van der Waals surface area (Å²) >= 11 is 30.8. The monoisotopic (exact) mass is 1520 g/mol. The normalized spacial score (nSPS) is 26.6. The first-order valence-corrected chi connectivity index (χ1v) is 39.9. The average Bonchev–Trinajstić information content (AvgIpc) is 1.61. The molecule has 3 unspecified atom stereocenters. The van der Waals surface area contributed by atoms with Crippen molar-refractivity contribution in [2.45, 2.75) is 234 Å². The van der Waals surface area contributed by atoms with Gasteiger partial charge in [-0.25, -0.2) is 9.59 Å². The number of rotatable bonds is 18. The number of piperidine rings is 2. The number of likely N-dealkylation sites (tertiary alicyclic amines) is 2. The Labute approximate surface area is 546 Å². The van der Waals surface area contributed by atoms with Crippen LogP contribution in [-0.4, -0.2) is 143 Å². The van der Waals surface area contributed by atoms with Gasteiger partial charge in [-0.1, -0.05) is 84.5 Å². The number of halogens is 6. The number of urea groups is 2. The summed E-state index contributed by atoms with van der Waals surface area (Å²) in [5, 5.41) is 27.5. The summed E-state index contributed by atoms with van der Waals surface area (Å²) in [5.74, 6) is -5.94. The molecule has 0 spiro atoms. The SMILES string of the molecule is C.CC(C)(C)NC(=O)N[C@H](C(=O)N1C[C@H]2[C@@H]([C@H]1C(=O)NC(CC1CCC1)C(=O)C(N)=O)C2(Cl)Cl)C1CCCCC1.CC(C)(C)NC(=O)N[C@H](C(=O)N1C[C@H]2[C@@H]([C@H]1C(=O)NC(CC1CCC1)C(O)C(N)=O)C2(Cl)Cl)C1CCCCC1.[CH2-]C.[I][V][I]. The molecule has 8 fully saturated rings. The van der Waals surface area contributed by atoms with Crippen molar-refractivity contribution >= 4 is 140 Å². The van der Waals surface area contributed by atoms with Gasteiger partial charge in [-0.15, -0.1) is 46.4 Å². The molecule has 8 aliphatic rings. The molecule has 27 heteroatoms. The van der Waals surface area contributed by atoms with E-state index in [0.29, 0.717) is 22.3 Å². The molecule has 6 saturated carbocycles. The first kappa shape index (κ1) is 74.7. The number of Topliss-reactive ketones (excluding diaryl/α,β-unsaturated/α-hetero) is 1. The van der Waals surface area contributed by atoms with Crippen molar-refractivity contribution in [1.82, 2.24) is 41.7 Å². The van der Waals surface area contributed by atoms with Crippen molar-refractivity contribution in [1.29, 1.82) is 0 Å². The number of amides is 10. The molecule has 11 N–H and O–H groups in total. The Balaban J connectivity index is 0.000000331. The van der Waals surface area contributed by atoms with E-state index in [4.69, 9.17) is 57.9 Å². The van der Waals surface area contributed by atoms with E-state index >= 15 is 0 Å². The van der Waals surface area contributed by atoms with Crippen molar-refractivity contribution in [3.8, 4) is 0 Å². The first-order valence-electron chi connectivity index (χ1n) is 29.4. The van der Waals surface area contributed by atoms with E-state index in [0.717, 1.165) is 103 Å². The Morgan fingerprint density at radius 2 is 0.952 bits per heavy atom. The van der Waals surface area contributed by atoms with Gasteiger partial charge in [-0.3, -0.25) is 33.6 Å². The van der Waals surface area contributed by atoms with E-state index in [1.807, 2.05) is 41.5 Å². The van der Waals surface area contributed by atoms with Gasteiger partial charge in [-0.2, -0.15) is 6.92 Å². The number of aliphatic hydroxyl groups is 1. The minimum absolute atomic E-state index is 0. The Bertz CT molecular complexity index is 2320. The second-order valence-electron chi connectivity index (χ2n) is 25.8. The molecule has 0 aromatic carbocycles. The van der Waals surface area contributed by atoms with Crippen LogP contribution in [0.2, 0.25) is 0 Å². The fourth-order valence-electron chi connectivity index (χ4n) is 12.9. The molecule has 11 atom stereocenters. The molecule has 2 aliphatic heterocycles. The maximum atomic E-state index is 14.1. The van der Waals surface area contributed by atoms with Gasteiger partial charge in [0.2, 0.25) is 35.3 Å². The zero-order valence-corrected chi connectivity index (χ0v) is 57.6. The van der Waals surface area contributed by atoms with Gasteiger partial charge in [0.15, 0.2) is 6.10 Å². The van der Waals surface area contributed by atoms with E-state index < -0.39 is 115 Å². The Morgan fingerprint density at radius 1 is 0.595 bits per heavy atom. The zero-order chi connectivity index (χ0) is 62.1. The molecule has 20 nitrogen and oxygen atoms in total. The third-order valence-corrected chi connectivity index (χ3v) is 19.7. The molecular formula is C57H93Cl4I2N10O10V-. The Hall–Kier alpha value is -1.81. The zero-order valence-electron chi connectivity index (χ0n) is 48.9. The molecule has 2 saturated heterocycles. The Kier molecular flexibility index (Phi) is 28.7. The summed E-state index contributed by atoms with van der Waals surface area (Å²) in [6.45, 7) is 16.5. The quantitative estimate of drug-likeness (QED) is 0.0277. The van der Waals surface area contributed by atoms with Crippen LogP contribution in [0.15, 0.2) is 0 Å². The summed E-state index contributed by atoms with van der Waals surface area (Å²) < 4.78 is -2.32. The van der Waals surface area contributed by atoms with Gasteiger partial charge in [0.25, 0.3) is 5.91 Å². The molecule has 0 aromatic heterocycles. The van der Waals surface area contributed by atoms with Crippen molar-refractivity contribution in [3.05, 3.63) is 6.92 Å². The number of fused-ring (bicyclic) bond motifs is 2. The van der Waals surface area contributed by atoms with Crippen LogP contribution in [0.3, 0.4) is 0 Å². The number of carbonyl (C=O) groups is 9. The predicted octanol–water partition coefficient (Wildman–Crippen LogP) is 7.82. The molecule has 0 aromatic rings. The average molecular weight is 1520 g/mol. The van der Waals surface area contributed by atoms with Crippen molar-refractivity contribution < 1.29 is 57.7 Å². The number of primary amides is 2. The number of hydrogen-bond acceptors (Lipinski definition) is 10. The number of carbonyl (C=O) groups excluding carboxylic acids is 9. The molecule has 8 rings (SSSR count). The number of ketones is 1. The van der Waals surface area contributed by atoms with Gasteiger partial charge < -0.3 is 65.2 Å². The van der Waals surface area contributed by atoms with Gasteiger partial charge >= 0.3 is 61.5 Å². The molecule has 0 bridgehead atoms. The molecule has 2 heterocycles. The third-order valence-electron chi connectivity index (χ3n) is 17.6. The molecule has 0 radical (unpaired) electrons. The summed E-state index contributed by atoms with van der Waals surface area (Å²) in [4.78, 5) is 120. The van der Waals surface area contributed by atoms with Crippen molar-refractivity contribution in [3.63, 3.8) is 0 Å². The minimum atomic E-state index is -1.55. The fraction of sp³-hybridized carbons (Fsp3) is 0.825. The molecular weight excluding hydrogens is 1430 g/mol. The van der Waals surface area contributed by atoms with Gasteiger partial charge in [0, 0.05) is 47.8 Å². The van der Waals surface area contributed by atoms with Gasteiger partial charge in [0.1, 0.15) is 32.8 Å². The van der Waals surface area contributed by atoms with E-state index in [1.54, 1.807) is 6.92 Å². The third kappa shape index (κ3) is 19.6. The van der Waals surface area contributed by atoms with E-state index in [-0.39, 0.29) is 67.8 Å². The summed E-state index contributed by atoms with van der Waals surface area (Å²) in [5.41, 5.74) is 9.66. The maximum absolute atomic E-state index is 14.1. The second kappa shape index (κ2) is 32.3. The van der Waals surface area contributed by atoms with Crippen LogP contribution in [0.25, 0.3) is 0 Å². The van der Waals surface area contributed by atoms with Crippen molar-refractivity contribution in [2.75, 3.05) is 13.1 Å². The fourth-order valence-corrected chi connectivity index (χ4v) is 14.6. The number of nitrogens with zero attached hydrogens (tertiary/aromatic N) is 2. The van der Waals surface area contributed by atoms with Gasteiger partial charge in [0.05, 0.1) is 12.1 Å². The topological polar surface area (TPSA) is 305 Å². The molecule has 84 heavy (non-hydrogen) atoms. The summed E-state index contributed by atoms with van der Waals surface area (Å²) in [7, 11) is 0.628. The standard InChI is InChI=1S/C27H43Cl2N5O5.C27H41Cl2N5O5.C2H5.CH4.2HI.V/c2*1-26(2,3)33-25(39)32-19(15-10-5-4-6-11-15)24(38)34-13-16-18(27(16,28)29)20(34)23(37)31-17(21(35)22(30)36)12-14-8-7-9-14;1-2;;;;/h14-21,35H,4-13H2,1-3H3,(H2,30,36)(H,31,37)(H2,32,33,39);14-20H,4-13H2,1-3H3,(H2,30,36)(H,31,37)(H2,32,33,39);1H2,2H3;1H4;2*1H;/q;;-1;;;;+2/p-2/t16-,17?,18-,19-,20-,21?;16-,17?,18-,19-,20-;;;;;/m00...../s1. The number of alkyl halides is 4. The van der Waals surface area contributed by atoms with E-state index in [9.17, 15) is 48.3 Å². The van der Waals surface area contributed by atoms with Crippen LogP contribution in [0.1, 0.15) is 171 Å². The van der Waals surface area contributed by atoms with Gasteiger partial charge in [-0.05, 0) is 104 Å². The summed E-state index contributed by atoms with van der Waals surface area (Å²) in [6, 6.07) is -6.47. The van der Waals surface area contributed by atoms with Crippen LogP contribution >= 0.6 is 86.4 Å². The van der Waals surface area contributed by atoms with Crippen LogP contribution in [0, 0.1) is 54.3 Å². The van der Waals surface area contributed by atoms with Crippen LogP contribution in [0.5, 0.6) is 0 Å². The van der Waals surface area contributed by atoms with Crippen LogP contribution in [-0.2, 0) is 43.0 Å². The van der Waals surface area contributed by atoms with Crippen LogP contribution in [0.4, 0.5) is 9.59 Å². The molecule has 479 valence electrons. The van der Waals surface area contributed by atoms with Crippen molar-refractivity contribution in [2.24, 2.45) is 58.8 Å². The molecule has 6 aliphatic carbocycles. The second-order valence-corrected chi connectivity index (χ2v) is 40.5. The number of nitrogens with one attached hydrogen (secondary N) is 6. The van der Waals surface area contributed by atoms with Crippen LogP contribution < -0.4 is 43.4 Å². The summed E-state index contributed by atoms with van der Waals surface area (Å²) in [6.07, 6.45) is 14.2. The number of nitrogens with two attached hydrogens (primary N) is 2. The van der Waals surface area contributed by atoms with E-state index in [1.165, 1.54) is 9.80 Å². The Morgan fingerprint density at radius 3 is 1.27 bits per heavy atom. The van der Waals surface area contributed by atoms with E-state index in [2.05, 4.69) is 78.8 Å².